The summed E-state index contributed by atoms with van der Waals surface area (Å²) in [6.45, 7) is 0.432. The van der Waals surface area contributed by atoms with E-state index in [0.29, 0.717) is 25.0 Å². The Morgan fingerprint density at radius 3 is 2.75 bits per heavy atom. The van der Waals surface area contributed by atoms with Crippen LogP contribution in [0.15, 0.2) is 30.3 Å². The smallest absolute Gasteiger partial charge is 0.223 e. The van der Waals surface area contributed by atoms with E-state index in [2.05, 4.69) is 21.2 Å². The largest absolute Gasteiger partial charge is 0.493 e. The number of benzene rings is 1. The molecule has 0 heterocycles. The third-order valence-electron chi connectivity index (χ3n) is 3.79. The van der Waals surface area contributed by atoms with E-state index in [-0.39, 0.29) is 5.91 Å². The minimum Gasteiger partial charge on any atom is -0.493 e. The minimum atomic E-state index is 0.0961. The Morgan fingerprint density at radius 2 is 2.00 bits per heavy atom. The van der Waals surface area contributed by atoms with Crippen molar-refractivity contribution in [2.75, 3.05) is 11.9 Å². The van der Waals surface area contributed by atoms with E-state index in [1.165, 1.54) is 19.3 Å². The van der Waals surface area contributed by atoms with Gasteiger partial charge in [0.2, 0.25) is 5.91 Å². The van der Waals surface area contributed by atoms with E-state index >= 15 is 0 Å². The lowest BCUT2D eigenvalue weighted by molar-refractivity contribution is -0.122. The van der Waals surface area contributed by atoms with Crippen LogP contribution >= 0.6 is 15.9 Å². The molecule has 2 rings (SSSR count). The van der Waals surface area contributed by atoms with E-state index in [1.807, 2.05) is 30.3 Å². The molecule has 0 saturated heterocycles. The van der Waals surface area contributed by atoms with Crippen LogP contribution < -0.4 is 10.1 Å². The van der Waals surface area contributed by atoms with Crippen molar-refractivity contribution < 1.29 is 9.53 Å². The van der Waals surface area contributed by atoms with Crippen molar-refractivity contribution in [3.63, 3.8) is 0 Å². The molecule has 1 aliphatic rings. The van der Waals surface area contributed by atoms with Gasteiger partial charge in [-0.15, -0.1) is 0 Å². The van der Waals surface area contributed by atoms with E-state index in [1.54, 1.807) is 0 Å². The monoisotopic (exact) mass is 339 g/mol. The SMILES string of the molecule is O=C(CCOc1ccccc1)NC1CCCCC1CBr. The van der Waals surface area contributed by atoms with Gasteiger partial charge in [-0.25, -0.2) is 0 Å². The summed E-state index contributed by atoms with van der Waals surface area (Å²) >= 11 is 3.55. The van der Waals surface area contributed by atoms with Gasteiger partial charge < -0.3 is 10.1 Å². The Balaban J connectivity index is 1.69. The average molecular weight is 340 g/mol. The molecule has 3 nitrogen and oxygen atoms in total. The number of ether oxygens (including phenoxy) is 1. The molecule has 0 spiro atoms. The first-order valence-corrected chi connectivity index (χ1v) is 8.45. The Morgan fingerprint density at radius 1 is 1.25 bits per heavy atom. The van der Waals surface area contributed by atoms with Crippen molar-refractivity contribution in [2.24, 2.45) is 5.92 Å². The van der Waals surface area contributed by atoms with Gasteiger partial charge in [0.15, 0.2) is 0 Å². The molecule has 1 aliphatic carbocycles. The zero-order valence-corrected chi connectivity index (χ0v) is 13.3. The van der Waals surface area contributed by atoms with Crippen LogP contribution in [-0.2, 0) is 4.79 Å². The molecule has 110 valence electrons. The first-order valence-electron chi connectivity index (χ1n) is 7.33. The molecule has 1 aromatic carbocycles. The number of carbonyl (C=O) groups excluding carboxylic acids is 1. The highest BCUT2D eigenvalue weighted by Gasteiger charge is 2.25. The van der Waals surface area contributed by atoms with Crippen LogP contribution in [-0.4, -0.2) is 23.9 Å². The highest BCUT2D eigenvalue weighted by Crippen LogP contribution is 2.25. The number of rotatable bonds is 6. The average Bonchev–Trinajstić information content (AvgIpc) is 2.49. The van der Waals surface area contributed by atoms with Crippen LogP contribution in [0.3, 0.4) is 0 Å². The Labute approximate surface area is 129 Å². The number of carbonyl (C=O) groups is 1. The van der Waals surface area contributed by atoms with Gasteiger partial charge in [-0.3, -0.25) is 4.79 Å². The third-order valence-corrected chi connectivity index (χ3v) is 4.63. The highest BCUT2D eigenvalue weighted by molar-refractivity contribution is 9.09. The van der Waals surface area contributed by atoms with E-state index in [9.17, 15) is 4.79 Å². The van der Waals surface area contributed by atoms with Crippen molar-refractivity contribution in [1.82, 2.24) is 5.32 Å². The summed E-state index contributed by atoms with van der Waals surface area (Å²) in [5.74, 6) is 1.48. The standard InChI is InChI=1S/C16H22BrNO2/c17-12-13-6-4-5-9-15(13)18-16(19)10-11-20-14-7-2-1-3-8-14/h1-3,7-8,13,15H,4-6,9-12H2,(H,18,19). The Hall–Kier alpha value is -1.03. The molecule has 2 unspecified atom stereocenters. The molecule has 20 heavy (non-hydrogen) atoms. The fourth-order valence-electron chi connectivity index (χ4n) is 2.64. The second kappa shape index (κ2) is 8.30. The summed E-state index contributed by atoms with van der Waals surface area (Å²) in [6.07, 6.45) is 5.22. The summed E-state index contributed by atoms with van der Waals surface area (Å²) in [6, 6.07) is 9.94. The lowest BCUT2D eigenvalue weighted by atomic mass is 9.86. The molecule has 0 aromatic heterocycles. The molecule has 4 heteroatoms. The van der Waals surface area contributed by atoms with Gasteiger partial charge in [-0.05, 0) is 30.9 Å². The molecular weight excluding hydrogens is 318 g/mol. The molecule has 0 aliphatic heterocycles. The van der Waals surface area contributed by atoms with Crippen molar-refractivity contribution in [1.29, 1.82) is 0 Å². The van der Waals surface area contributed by atoms with E-state index in [0.717, 1.165) is 17.5 Å². The van der Waals surface area contributed by atoms with Crippen LogP contribution in [0, 0.1) is 5.92 Å². The van der Waals surface area contributed by atoms with Gasteiger partial charge in [0, 0.05) is 11.4 Å². The molecule has 2 atom stereocenters. The van der Waals surface area contributed by atoms with Gasteiger partial charge in [-0.2, -0.15) is 0 Å². The topological polar surface area (TPSA) is 38.3 Å². The number of halogens is 1. The number of alkyl halides is 1. The molecule has 0 bridgehead atoms. The number of hydrogen-bond donors (Lipinski definition) is 1. The van der Waals surface area contributed by atoms with Crippen molar-refractivity contribution in [3.05, 3.63) is 30.3 Å². The summed E-state index contributed by atoms with van der Waals surface area (Å²) in [7, 11) is 0. The number of amides is 1. The van der Waals surface area contributed by atoms with E-state index in [4.69, 9.17) is 4.74 Å². The van der Waals surface area contributed by atoms with Gasteiger partial charge in [0.1, 0.15) is 5.75 Å². The Kier molecular flexibility index (Phi) is 6.37. The predicted octanol–water partition coefficient (Wildman–Crippen LogP) is 3.53. The Bertz CT molecular complexity index is 410. The fraction of sp³-hybridized carbons (Fsp3) is 0.562. The normalized spacial score (nSPS) is 22.2. The number of hydrogen-bond acceptors (Lipinski definition) is 2. The lowest BCUT2D eigenvalue weighted by Crippen LogP contribution is -2.43. The van der Waals surface area contributed by atoms with Crippen LogP contribution in [0.1, 0.15) is 32.1 Å². The molecule has 0 radical (unpaired) electrons. The maximum absolute atomic E-state index is 12.0. The van der Waals surface area contributed by atoms with Crippen LogP contribution in [0.5, 0.6) is 5.75 Å². The lowest BCUT2D eigenvalue weighted by Gasteiger charge is -2.31. The van der Waals surface area contributed by atoms with Crippen LogP contribution in [0.2, 0.25) is 0 Å². The maximum Gasteiger partial charge on any atom is 0.223 e. The predicted molar refractivity (Wildman–Crippen MR) is 84.2 cm³/mol. The summed E-state index contributed by atoms with van der Waals surface area (Å²) in [5.41, 5.74) is 0. The van der Waals surface area contributed by atoms with Crippen LogP contribution in [0.25, 0.3) is 0 Å². The molecule has 1 amide bonds. The molecule has 1 saturated carbocycles. The second-order valence-electron chi connectivity index (χ2n) is 5.28. The number of nitrogens with one attached hydrogen (secondary N) is 1. The van der Waals surface area contributed by atoms with Crippen molar-refractivity contribution in [2.45, 2.75) is 38.1 Å². The summed E-state index contributed by atoms with van der Waals surface area (Å²) < 4.78 is 5.55. The third kappa shape index (κ3) is 4.82. The minimum absolute atomic E-state index is 0.0961. The summed E-state index contributed by atoms with van der Waals surface area (Å²) in [4.78, 5) is 12.0. The molecule has 1 fully saturated rings. The second-order valence-corrected chi connectivity index (χ2v) is 5.93. The molecular formula is C16H22BrNO2. The van der Waals surface area contributed by atoms with Gasteiger partial charge in [-0.1, -0.05) is 47.0 Å². The van der Waals surface area contributed by atoms with Gasteiger partial charge in [0.05, 0.1) is 13.0 Å². The van der Waals surface area contributed by atoms with Gasteiger partial charge >= 0.3 is 0 Å². The fourth-order valence-corrected chi connectivity index (χ4v) is 3.41. The van der Waals surface area contributed by atoms with Crippen LogP contribution in [0.4, 0.5) is 0 Å². The zero-order chi connectivity index (χ0) is 14.2. The number of para-hydroxylation sites is 1. The molecule has 1 N–H and O–H groups in total. The highest BCUT2D eigenvalue weighted by atomic mass is 79.9. The zero-order valence-electron chi connectivity index (χ0n) is 11.7. The van der Waals surface area contributed by atoms with E-state index < -0.39 is 0 Å². The first-order chi connectivity index (χ1) is 9.79. The van der Waals surface area contributed by atoms with Gasteiger partial charge in [0.25, 0.3) is 0 Å². The van der Waals surface area contributed by atoms with Crippen molar-refractivity contribution >= 4 is 21.8 Å². The molecule has 1 aromatic rings. The quantitative estimate of drug-likeness (QED) is 0.805. The van der Waals surface area contributed by atoms with Crippen molar-refractivity contribution in [3.8, 4) is 5.75 Å². The maximum atomic E-state index is 12.0. The summed E-state index contributed by atoms with van der Waals surface area (Å²) in [5, 5.41) is 4.13. The first kappa shape index (κ1) is 15.4.